The van der Waals surface area contributed by atoms with E-state index in [-0.39, 0.29) is 18.4 Å². The Hall–Kier alpha value is -1.84. The van der Waals surface area contributed by atoms with Gasteiger partial charge in [0, 0.05) is 6.54 Å². The Morgan fingerprint density at radius 3 is 2.35 bits per heavy atom. The molecule has 20 heavy (non-hydrogen) atoms. The lowest BCUT2D eigenvalue weighted by Gasteiger charge is -2.39. The number of nitrogens with zero attached hydrogens (tertiary/aromatic N) is 1. The van der Waals surface area contributed by atoms with Crippen molar-refractivity contribution in [1.29, 1.82) is 0 Å². The first-order chi connectivity index (χ1) is 9.34. The maximum absolute atomic E-state index is 12.5. The molecule has 0 spiro atoms. The van der Waals surface area contributed by atoms with Gasteiger partial charge in [0.15, 0.2) is 0 Å². The average Bonchev–Trinajstić information content (AvgIpc) is 2.34. The van der Waals surface area contributed by atoms with Crippen LogP contribution in [0.25, 0.3) is 0 Å². The number of benzene rings is 1. The number of hydrogen-bond acceptors (Lipinski definition) is 2. The number of carbonyl (C=O) groups excluding carboxylic acids is 2. The summed E-state index contributed by atoms with van der Waals surface area (Å²) in [5, 5.41) is 2.80. The zero-order chi connectivity index (χ0) is 14.9. The maximum Gasteiger partial charge on any atom is 0.248 e. The summed E-state index contributed by atoms with van der Waals surface area (Å²) in [5.41, 5.74) is 2.65. The topological polar surface area (TPSA) is 49.4 Å². The fourth-order valence-corrected chi connectivity index (χ4v) is 2.74. The molecule has 1 aliphatic heterocycles. The lowest BCUT2D eigenvalue weighted by atomic mass is 9.94. The molecule has 4 nitrogen and oxygen atoms in total. The highest BCUT2D eigenvalue weighted by Gasteiger charge is 2.41. The van der Waals surface area contributed by atoms with Crippen molar-refractivity contribution in [2.75, 3.05) is 6.54 Å². The minimum Gasteiger partial charge on any atom is -0.340 e. The normalized spacial score (nSPS) is 22.9. The Balaban J connectivity index is 2.23. The standard InChI is InChI=1S/C16H22N2O2/c1-5-16(4)15(20)18(10-14(19)17-16)9-13-7-11(2)6-12(3)8-13/h6-8H,5,9-10H2,1-4H3,(H,17,19). The van der Waals surface area contributed by atoms with Gasteiger partial charge in [-0.05, 0) is 32.8 Å². The van der Waals surface area contributed by atoms with Gasteiger partial charge in [-0.1, -0.05) is 36.2 Å². The van der Waals surface area contributed by atoms with Gasteiger partial charge in [0.1, 0.15) is 5.54 Å². The van der Waals surface area contributed by atoms with Crippen molar-refractivity contribution in [3.8, 4) is 0 Å². The van der Waals surface area contributed by atoms with Crippen molar-refractivity contribution < 1.29 is 9.59 Å². The van der Waals surface area contributed by atoms with E-state index in [1.165, 1.54) is 11.1 Å². The lowest BCUT2D eigenvalue weighted by molar-refractivity contribution is -0.149. The molecule has 1 N–H and O–H groups in total. The van der Waals surface area contributed by atoms with Crippen molar-refractivity contribution in [3.63, 3.8) is 0 Å². The van der Waals surface area contributed by atoms with Crippen LogP contribution >= 0.6 is 0 Å². The summed E-state index contributed by atoms with van der Waals surface area (Å²) in [4.78, 5) is 26.0. The second kappa shape index (κ2) is 5.27. The van der Waals surface area contributed by atoms with Gasteiger partial charge in [0.05, 0.1) is 6.54 Å². The zero-order valence-corrected chi connectivity index (χ0v) is 12.6. The van der Waals surface area contributed by atoms with E-state index in [4.69, 9.17) is 0 Å². The highest BCUT2D eigenvalue weighted by Crippen LogP contribution is 2.20. The summed E-state index contributed by atoms with van der Waals surface area (Å²) in [7, 11) is 0. The van der Waals surface area contributed by atoms with E-state index in [0.717, 1.165) is 5.56 Å². The maximum atomic E-state index is 12.5. The first-order valence-electron chi connectivity index (χ1n) is 7.01. The molecule has 1 saturated heterocycles. The number of hydrogen-bond donors (Lipinski definition) is 1. The van der Waals surface area contributed by atoms with Crippen LogP contribution in [0.15, 0.2) is 18.2 Å². The molecule has 1 fully saturated rings. The largest absolute Gasteiger partial charge is 0.340 e. The SMILES string of the molecule is CCC1(C)NC(=O)CN(Cc2cc(C)cc(C)c2)C1=O. The van der Waals surface area contributed by atoms with E-state index in [2.05, 4.69) is 23.5 Å². The van der Waals surface area contributed by atoms with Crippen LogP contribution in [0.5, 0.6) is 0 Å². The van der Waals surface area contributed by atoms with Crippen LogP contribution in [0.1, 0.15) is 37.0 Å². The summed E-state index contributed by atoms with van der Waals surface area (Å²) in [6.07, 6.45) is 0.598. The fraction of sp³-hybridized carbons (Fsp3) is 0.500. The first-order valence-corrected chi connectivity index (χ1v) is 7.01. The number of amides is 2. The van der Waals surface area contributed by atoms with Crippen LogP contribution in [0, 0.1) is 13.8 Å². The molecule has 1 unspecified atom stereocenters. The van der Waals surface area contributed by atoms with Crippen LogP contribution in [-0.2, 0) is 16.1 Å². The quantitative estimate of drug-likeness (QED) is 0.915. The van der Waals surface area contributed by atoms with Gasteiger partial charge in [-0.3, -0.25) is 9.59 Å². The van der Waals surface area contributed by atoms with Crippen LogP contribution < -0.4 is 5.32 Å². The highest BCUT2D eigenvalue weighted by atomic mass is 16.2. The molecule has 2 amide bonds. The minimum atomic E-state index is -0.770. The summed E-state index contributed by atoms with van der Waals surface area (Å²) in [6, 6.07) is 6.23. The number of rotatable bonds is 3. The summed E-state index contributed by atoms with van der Waals surface area (Å²) < 4.78 is 0. The molecule has 2 rings (SSSR count). The molecule has 0 radical (unpaired) electrons. The number of piperazine rings is 1. The van der Waals surface area contributed by atoms with E-state index >= 15 is 0 Å². The van der Waals surface area contributed by atoms with Gasteiger partial charge in [-0.2, -0.15) is 0 Å². The molecule has 0 aromatic heterocycles. The summed E-state index contributed by atoms with van der Waals surface area (Å²) >= 11 is 0. The average molecular weight is 274 g/mol. The third kappa shape index (κ3) is 2.84. The summed E-state index contributed by atoms with van der Waals surface area (Å²) in [6.45, 7) is 8.42. The molecule has 1 aliphatic rings. The van der Waals surface area contributed by atoms with Crippen molar-refractivity contribution in [2.45, 2.75) is 46.2 Å². The van der Waals surface area contributed by atoms with Crippen LogP contribution in [0.3, 0.4) is 0 Å². The minimum absolute atomic E-state index is 0.00115. The Morgan fingerprint density at radius 1 is 1.20 bits per heavy atom. The molecule has 108 valence electrons. The van der Waals surface area contributed by atoms with Crippen LogP contribution in [-0.4, -0.2) is 28.8 Å². The van der Waals surface area contributed by atoms with Crippen molar-refractivity contribution in [1.82, 2.24) is 10.2 Å². The van der Waals surface area contributed by atoms with Crippen LogP contribution in [0.2, 0.25) is 0 Å². The zero-order valence-electron chi connectivity index (χ0n) is 12.6. The third-order valence-corrected chi connectivity index (χ3v) is 3.87. The van der Waals surface area contributed by atoms with E-state index in [1.807, 2.05) is 20.8 Å². The van der Waals surface area contributed by atoms with Gasteiger partial charge < -0.3 is 10.2 Å². The van der Waals surface area contributed by atoms with Crippen LogP contribution in [0.4, 0.5) is 0 Å². The molecule has 1 aromatic rings. The molecule has 1 aromatic carbocycles. The van der Waals surface area contributed by atoms with Gasteiger partial charge in [0.25, 0.3) is 0 Å². The molecular formula is C16H22N2O2. The monoisotopic (exact) mass is 274 g/mol. The highest BCUT2D eigenvalue weighted by molar-refractivity contribution is 5.97. The summed E-state index contributed by atoms with van der Waals surface area (Å²) in [5.74, 6) is -0.0860. The predicted octanol–water partition coefficient (Wildman–Crippen LogP) is 1.93. The number of nitrogens with one attached hydrogen (secondary N) is 1. The Morgan fingerprint density at radius 2 is 1.80 bits per heavy atom. The Bertz CT molecular complexity index is 533. The Labute approximate surface area is 120 Å². The molecule has 0 aliphatic carbocycles. The van der Waals surface area contributed by atoms with E-state index in [1.54, 1.807) is 11.8 Å². The molecule has 1 heterocycles. The van der Waals surface area contributed by atoms with E-state index < -0.39 is 5.54 Å². The van der Waals surface area contributed by atoms with E-state index in [9.17, 15) is 9.59 Å². The number of carbonyl (C=O) groups is 2. The van der Waals surface area contributed by atoms with Gasteiger partial charge in [0.2, 0.25) is 11.8 Å². The smallest absolute Gasteiger partial charge is 0.248 e. The fourth-order valence-electron chi connectivity index (χ4n) is 2.74. The van der Waals surface area contributed by atoms with Crippen molar-refractivity contribution in [2.24, 2.45) is 0 Å². The second-order valence-electron chi connectivity index (χ2n) is 5.89. The predicted molar refractivity (Wildman–Crippen MR) is 78.2 cm³/mol. The lowest BCUT2D eigenvalue weighted by Crippen LogP contribution is -2.64. The molecule has 4 heteroatoms. The van der Waals surface area contributed by atoms with Gasteiger partial charge in [-0.15, -0.1) is 0 Å². The van der Waals surface area contributed by atoms with E-state index in [0.29, 0.717) is 13.0 Å². The molecule has 0 saturated carbocycles. The second-order valence-corrected chi connectivity index (χ2v) is 5.89. The first kappa shape index (κ1) is 14.6. The van der Waals surface area contributed by atoms with Gasteiger partial charge >= 0.3 is 0 Å². The number of aryl methyl sites for hydroxylation is 2. The van der Waals surface area contributed by atoms with Crippen molar-refractivity contribution in [3.05, 3.63) is 34.9 Å². The molecular weight excluding hydrogens is 252 g/mol. The molecule has 1 atom stereocenters. The van der Waals surface area contributed by atoms with Gasteiger partial charge in [-0.25, -0.2) is 0 Å². The third-order valence-electron chi connectivity index (χ3n) is 3.87. The molecule has 0 bridgehead atoms. The Kier molecular flexibility index (Phi) is 3.84. The van der Waals surface area contributed by atoms with Crippen molar-refractivity contribution >= 4 is 11.8 Å².